The first-order valence-corrected chi connectivity index (χ1v) is 14.2. The number of benzene rings is 6. The molecule has 44 heavy (non-hydrogen) atoms. The van der Waals surface area contributed by atoms with Crippen LogP contribution >= 0.6 is 0 Å². The van der Waals surface area contributed by atoms with Gasteiger partial charge in [-0.2, -0.15) is 0 Å². The minimum atomic E-state index is -0.320. The maximum Gasteiger partial charge on any atom is 0.272 e. The molecular weight excluding hydrogens is 544 g/mol. The molecule has 0 aliphatic carbocycles. The molecular formula is C38H30N4O2. The number of para-hydroxylation sites is 2. The van der Waals surface area contributed by atoms with Crippen LogP contribution in [0, 0.1) is 0 Å². The van der Waals surface area contributed by atoms with Crippen LogP contribution in [0.15, 0.2) is 158 Å². The van der Waals surface area contributed by atoms with Gasteiger partial charge in [0.05, 0.1) is 11.4 Å². The standard InChI is InChI=1S/C38H30N4O2/c39-41(35-17-9-7-15-33(35)29-11-3-1-4-12-29)37(43)31-23-19-27(20-24-31)28-21-25-32(26-22-28)38(44)42(40)36-18-10-8-16-34(36)30-13-5-2-6-14-30/h1-26H,39-40H2. The van der Waals surface area contributed by atoms with E-state index < -0.39 is 0 Å². The van der Waals surface area contributed by atoms with E-state index in [-0.39, 0.29) is 11.8 Å². The quantitative estimate of drug-likeness (QED) is 0.116. The lowest BCUT2D eigenvalue weighted by molar-refractivity contribution is 0.0979. The Balaban J connectivity index is 1.18. The minimum absolute atomic E-state index is 0.320. The van der Waals surface area contributed by atoms with Crippen molar-refractivity contribution in [1.82, 2.24) is 0 Å². The van der Waals surface area contributed by atoms with Gasteiger partial charge in [0.15, 0.2) is 0 Å². The second-order valence-corrected chi connectivity index (χ2v) is 10.3. The van der Waals surface area contributed by atoms with Gasteiger partial charge in [-0.05, 0) is 58.7 Å². The van der Waals surface area contributed by atoms with Crippen molar-refractivity contribution in [3.63, 3.8) is 0 Å². The molecule has 0 fully saturated rings. The molecule has 6 aromatic carbocycles. The van der Waals surface area contributed by atoms with Crippen LogP contribution in [0.5, 0.6) is 0 Å². The number of hydrazine groups is 2. The summed E-state index contributed by atoms with van der Waals surface area (Å²) in [5.41, 5.74) is 7.64. The van der Waals surface area contributed by atoms with E-state index in [1.807, 2.05) is 133 Å². The normalized spacial score (nSPS) is 10.7. The van der Waals surface area contributed by atoms with Gasteiger partial charge in [-0.1, -0.05) is 121 Å². The second-order valence-electron chi connectivity index (χ2n) is 10.3. The van der Waals surface area contributed by atoms with Crippen LogP contribution in [0.3, 0.4) is 0 Å². The molecule has 0 spiro atoms. The van der Waals surface area contributed by atoms with Gasteiger partial charge in [0.2, 0.25) is 0 Å². The average molecular weight is 575 g/mol. The Morgan fingerprint density at radius 2 is 0.682 bits per heavy atom. The third-order valence-electron chi connectivity index (χ3n) is 7.53. The van der Waals surface area contributed by atoms with Gasteiger partial charge < -0.3 is 0 Å². The van der Waals surface area contributed by atoms with Crippen molar-refractivity contribution in [1.29, 1.82) is 0 Å². The SMILES string of the molecule is NN(C(=O)c1ccc(-c2ccc(C(=O)N(N)c3ccccc3-c3ccccc3)cc2)cc1)c1ccccc1-c1ccccc1. The molecule has 0 radical (unpaired) electrons. The van der Waals surface area contributed by atoms with E-state index >= 15 is 0 Å². The highest BCUT2D eigenvalue weighted by Gasteiger charge is 2.20. The fourth-order valence-electron chi connectivity index (χ4n) is 5.20. The van der Waals surface area contributed by atoms with Crippen molar-refractivity contribution in [2.75, 3.05) is 10.0 Å². The van der Waals surface area contributed by atoms with Crippen LogP contribution in [-0.4, -0.2) is 11.8 Å². The number of hydrogen-bond acceptors (Lipinski definition) is 4. The third kappa shape index (κ3) is 5.76. The van der Waals surface area contributed by atoms with E-state index in [1.54, 1.807) is 24.3 Å². The van der Waals surface area contributed by atoms with Crippen LogP contribution in [0.4, 0.5) is 11.4 Å². The smallest absolute Gasteiger partial charge is 0.267 e. The van der Waals surface area contributed by atoms with Crippen LogP contribution in [0.1, 0.15) is 20.7 Å². The number of carbonyl (C=O) groups excluding carboxylic acids is 2. The summed E-state index contributed by atoms with van der Waals surface area (Å²) in [5.74, 6) is 12.1. The molecule has 214 valence electrons. The molecule has 0 aromatic heterocycles. The van der Waals surface area contributed by atoms with Crippen molar-refractivity contribution in [3.05, 3.63) is 169 Å². The van der Waals surface area contributed by atoms with Crippen molar-refractivity contribution >= 4 is 23.2 Å². The predicted molar refractivity (Wildman–Crippen MR) is 178 cm³/mol. The molecule has 0 saturated heterocycles. The average Bonchev–Trinajstić information content (AvgIpc) is 3.11. The first kappa shape index (κ1) is 28.3. The molecule has 6 aromatic rings. The van der Waals surface area contributed by atoms with Gasteiger partial charge in [0, 0.05) is 22.3 Å². The monoisotopic (exact) mass is 574 g/mol. The van der Waals surface area contributed by atoms with Crippen LogP contribution in [0.25, 0.3) is 33.4 Å². The Kier molecular flexibility index (Phi) is 8.10. The van der Waals surface area contributed by atoms with Crippen molar-refractivity contribution in [3.8, 4) is 33.4 Å². The number of carbonyl (C=O) groups is 2. The Bertz CT molecular complexity index is 1760. The van der Waals surface area contributed by atoms with E-state index in [4.69, 9.17) is 11.7 Å². The molecule has 0 aliphatic rings. The summed E-state index contributed by atoms with van der Waals surface area (Å²) in [5, 5.41) is 2.37. The topological polar surface area (TPSA) is 92.7 Å². The maximum absolute atomic E-state index is 13.3. The van der Waals surface area contributed by atoms with E-state index in [0.717, 1.165) is 33.4 Å². The van der Waals surface area contributed by atoms with Gasteiger partial charge in [0.1, 0.15) is 0 Å². The van der Waals surface area contributed by atoms with Crippen LogP contribution < -0.4 is 21.7 Å². The molecule has 0 aliphatic heterocycles. The largest absolute Gasteiger partial charge is 0.272 e. The Morgan fingerprint density at radius 3 is 1.05 bits per heavy atom. The van der Waals surface area contributed by atoms with E-state index in [2.05, 4.69) is 0 Å². The number of nitrogens with two attached hydrogens (primary N) is 2. The Labute approximate surface area is 256 Å². The Morgan fingerprint density at radius 1 is 0.364 bits per heavy atom. The van der Waals surface area contributed by atoms with E-state index in [9.17, 15) is 9.59 Å². The summed E-state index contributed by atoms with van der Waals surface area (Å²) >= 11 is 0. The first-order chi connectivity index (χ1) is 21.5. The predicted octanol–water partition coefficient (Wildman–Crippen LogP) is 7.73. The highest BCUT2D eigenvalue weighted by molar-refractivity contribution is 6.08. The van der Waals surface area contributed by atoms with Crippen molar-refractivity contribution < 1.29 is 9.59 Å². The summed E-state index contributed by atoms with van der Waals surface area (Å²) in [7, 11) is 0. The lowest BCUT2D eigenvalue weighted by Crippen LogP contribution is -2.37. The van der Waals surface area contributed by atoms with Crippen molar-refractivity contribution in [2.45, 2.75) is 0 Å². The molecule has 6 heteroatoms. The third-order valence-corrected chi connectivity index (χ3v) is 7.53. The second kappa shape index (κ2) is 12.6. The minimum Gasteiger partial charge on any atom is -0.267 e. The lowest BCUT2D eigenvalue weighted by Gasteiger charge is -2.21. The first-order valence-electron chi connectivity index (χ1n) is 14.2. The number of nitrogens with zero attached hydrogens (tertiary/aromatic N) is 2. The van der Waals surface area contributed by atoms with Gasteiger partial charge in [-0.3, -0.25) is 9.59 Å². The molecule has 4 N–H and O–H groups in total. The van der Waals surface area contributed by atoms with Gasteiger partial charge in [-0.15, -0.1) is 0 Å². The van der Waals surface area contributed by atoms with Gasteiger partial charge >= 0.3 is 0 Å². The zero-order chi connectivity index (χ0) is 30.5. The zero-order valence-corrected chi connectivity index (χ0v) is 23.9. The molecule has 0 heterocycles. The van der Waals surface area contributed by atoms with Crippen LogP contribution in [0.2, 0.25) is 0 Å². The highest BCUT2D eigenvalue weighted by Crippen LogP contribution is 2.32. The fraction of sp³-hybridized carbons (Fsp3) is 0. The number of rotatable bonds is 7. The molecule has 2 amide bonds. The number of hydrogen-bond donors (Lipinski definition) is 2. The molecule has 0 unspecified atom stereocenters. The summed E-state index contributed by atoms with van der Waals surface area (Å²) in [4.78, 5) is 26.7. The summed E-state index contributed by atoms with van der Waals surface area (Å²) < 4.78 is 0. The Hall–Kier alpha value is -5.82. The summed E-state index contributed by atoms with van der Waals surface area (Å²) in [6.45, 7) is 0. The molecule has 0 atom stereocenters. The highest BCUT2D eigenvalue weighted by atomic mass is 16.2. The van der Waals surface area contributed by atoms with Crippen LogP contribution in [-0.2, 0) is 0 Å². The van der Waals surface area contributed by atoms with Gasteiger partial charge in [-0.25, -0.2) is 21.7 Å². The molecule has 6 rings (SSSR count). The molecule has 6 nitrogen and oxygen atoms in total. The zero-order valence-electron chi connectivity index (χ0n) is 23.9. The van der Waals surface area contributed by atoms with E-state index in [1.165, 1.54) is 10.0 Å². The summed E-state index contributed by atoms with van der Waals surface area (Å²) in [6, 6.07) is 49.3. The van der Waals surface area contributed by atoms with Gasteiger partial charge in [0.25, 0.3) is 11.8 Å². The summed E-state index contributed by atoms with van der Waals surface area (Å²) in [6.07, 6.45) is 0. The fourth-order valence-corrected chi connectivity index (χ4v) is 5.20. The molecule has 0 saturated carbocycles. The van der Waals surface area contributed by atoms with E-state index in [0.29, 0.717) is 22.5 Å². The number of anilines is 2. The van der Waals surface area contributed by atoms with Crippen molar-refractivity contribution in [2.24, 2.45) is 11.7 Å². The maximum atomic E-state index is 13.3. The number of amides is 2. The lowest BCUT2D eigenvalue weighted by atomic mass is 10.0. The molecule has 0 bridgehead atoms.